The molecule has 0 aliphatic carbocycles. The summed E-state index contributed by atoms with van der Waals surface area (Å²) in [5.41, 5.74) is 0.810. The molecule has 92 valence electrons. The van der Waals surface area contributed by atoms with Gasteiger partial charge in [-0.25, -0.2) is 4.39 Å². The lowest BCUT2D eigenvalue weighted by Crippen LogP contribution is -2.62. The van der Waals surface area contributed by atoms with Gasteiger partial charge in [0, 0.05) is 32.7 Å². The van der Waals surface area contributed by atoms with E-state index in [0.717, 1.165) is 38.3 Å². The molecule has 4 heteroatoms. The molecule has 0 amide bonds. The van der Waals surface area contributed by atoms with Crippen molar-refractivity contribution in [1.29, 1.82) is 0 Å². The number of hydrogen-bond donors (Lipinski definition) is 1. The van der Waals surface area contributed by atoms with Crippen LogP contribution in [-0.4, -0.2) is 53.7 Å². The van der Waals surface area contributed by atoms with E-state index in [9.17, 15) is 9.50 Å². The Hall–Kier alpha value is -0.970. The molecule has 1 aromatic carbocycles. The standard InChI is InChI=1S/C13H17FN2O/c14-11-3-1-10(2-4-11)13(17)12-9-15-5-7-16(12)8-6-15/h1-4,12-13,17H,5-9H2. The van der Waals surface area contributed by atoms with Crippen molar-refractivity contribution in [3.63, 3.8) is 0 Å². The highest BCUT2D eigenvalue weighted by Gasteiger charge is 2.36. The smallest absolute Gasteiger partial charge is 0.123 e. The third kappa shape index (κ3) is 2.08. The number of aliphatic hydroxyl groups is 1. The average molecular weight is 236 g/mol. The maximum atomic E-state index is 12.8. The monoisotopic (exact) mass is 236 g/mol. The Morgan fingerprint density at radius 3 is 2.29 bits per heavy atom. The molecule has 0 spiro atoms. The van der Waals surface area contributed by atoms with E-state index in [1.54, 1.807) is 12.1 Å². The summed E-state index contributed by atoms with van der Waals surface area (Å²) in [5, 5.41) is 10.4. The van der Waals surface area contributed by atoms with Gasteiger partial charge in [-0.1, -0.05) is 12.1 Å². The highest BCUT2D eigenvalue weighted by Crippen LogP contribution is 2.27. The lowest BCUT2D eigenvalue weighted by Gasteiger charge is -2.49. The zero-order valence-corrected chi connectivity index (χ0v) is 9.72. The van der Waals surface area contributed by atoms with Crippen molar-refractivity contribution in [2.45, 2.75) is 12.1 Å². The lowest BCUT2D eigenvalue weighted by molar-refractivity contribution is -0.0470. The maximum absolute atomic E-state index is 12.8. The van der Waals surface area contributed by atoms with Crippen molar-refractivity contribution >= 4 is 0 Å². The fraction of sp³-hybridized carbons (Fsp3) is 0.538. The van der Waals surface area contributed by atoms with Crippen LogP contribution < -0.4 is 0 Å². The van der Waals surface area contributed by atoms with Gasteiger partial charge in [-0.05, 0) is 17.7 Å². The Morgan fingerprint density at radius 2 is 1.76 bits per heavy atom. The number of piperazine rings is 3. The van der Waals surface area contributed by atoms with Crippen molar-refractivity contribution in [3.05, 3.63) is 35.6 Å². The minimum Gasteiger partial charge on any atom is -0.387 e. The van der Waals surface area contributed by atoms with Gasteiger partial charge >= 0.3 is 0 Å². The number of rotatable bonds is 2. The highest BCUT2D eigenvalue weighted by atomic mass is 19.1. The van der Waals surface area contributed by atoms with Gasteiger partial charge in [0.15, 0.2) is 0 Å². The number of hydrogen-bond acceptors (Lipinski definition) is 3. The van der Waals surface area contributed by atoms with Crippen LogP contribution in [0.4, 0.5) is 4.39 Å². The molecular formula is C13H17FN2O. The first kappa shape index (κ1) is 11.1. The van der Waals surface area contributed by atoms with E-state index in [0.29, 0.717) is 0 Å². The summed E-state index contributed by atoms with van der Waals surface area (Å²) in [6, 6.07) is 6.34. The summed E-state index contributed by atoms with van der Waals surface area (Å²) in [6.45, 7) is 5.18. The minimum absolute atomic E-state index is 0.156. The molecule has 3 saturated heterocycles. The second-order valence-electron chi connectivity index (χ2n) is 4.90. The molecular weight excluding hydrogens is 219 g/mol. The van der Waals surface area contributed by atoms with E-state index < -0.39 is 6.10 Å². The fourth-order valence-electron chi connectivity index (χ4n) is 2.84. The lowest BCUT2D eigenvalue weighted by atomic mass is 9.96. The van der Waals surface area contributed by atoms with Crippen molar-refractivity contribution in [2.24, 2.45) is 0 Å². The summed E-state index contributed by atoms with van der Waals surface area (Å²) in [6.07, 6.45) is -0.515. The van der Waals surface area contributed by atoms with Crippen molar-refractivity contribution in [2.75, 3.05) is 32.7 Å². The van der Waals surface area contributed by atoms with E-state index in [4.69, 9.17) is 0 Å². The van der Waals surface area contributed by atoms with Crippen LogP contribution >= 0.6 is 0 Å². The van der Waals surface area contributed by atoms with Gasteiger partial charge in [0.1, 0.15) is 5.82 Å². The molecule has 0 aromatic heterocycles. The van der Waals surface area contributed by atoms with Gasteiger partial charge in [0.2, 0.25) is 0 Å². The van der Waals surface area contributed by atoms with E-state index >= 15 is 0 Å². The van der Waals surface area contributed by atoms with Crippen LogP contribution in [0.15, 0.2) is 24.3 Å². The quantitative estimate of drug-likeness (QED) is 0.825. The molecule has 3 aliphatic heterocycles. The van der Waals surface area contributed by atoms with E-state index in [1.165, 1.54) is 12.1 Å². The first-order valence-corrected chi connectivity index (χ1v) is 6.14. The summed E-state index contributed by atoms with van der Waals surface area (Å²) in [4.78, 5) is 4.73. The largest absolute Gasteiger partial charge is 0.387 e. The predicted molar refractivity (Wildman–Crippen MR) is 63.2 cm³/mol. The molecule has 4 rings (SSSR count). The highest BCUT2D eigenvalue weighted by molar-refractivity contribution is 5.20. The van der Waals surface area contributed by atoms with Crippen molar-refractivity contribution in [1.82, 2.24) is 9.80 Å². The van der Waals surface area contributed by atoms with Gasteiger partial charge < -0.3 is 5.11 Å². The Labute approximate surface area is 100 Å². The fourth-order valence-corrected chi connectivity index (χ4v) is 2.84. The minimum atomic E-state index is -0.515. The summed E-state index contributed by atoms with van der Waals surface area (Å²) < 4.78 is 12.8. The van der Waals surface area contributed by atoms with Crippen LogP contribution in [-0.2, 0) is 0 Å². The third-order valence-corrected chi connectivity index (χ3v) is 3.90. The Kier molecular flexibility index (Phi) is 2.86. The molecule has 2 bridgehead atoms. The number of nitrogens with zero attached hydrogens (tertiary/aromatic N) is 2. The SMILES string of the molecule is OC(c1ccc(F)cc1)C1CN2CCN1CC2. The van der Waals surface area contributed by atoms with E-state index in [-0.39, 0.29) is 11.9 Å². The second-order valence-corrected chi connectivity index (χ2v) is 4.90. The predicted octanol–water partition coefficient (Wildman–Crippen LogP) is 0.859. The van der Waals surface area contributed by atoms with Gasteiger partial charge in [-0.15, -0.1) is 0 Å². The molecule has 3 nitrogen and oxygen atoms in total. The molecule has 1 N–H and O–H groups in total. The molecule has 2 unspecified atom stereocenters. The summed E-state index contributed by atoms with van der Waals surface area (Å²) in [5.74, 6) is -0.254. The number of benzene rings is 1. The normalized spacial score (nSPS) is 33.6. The zero-order chi connectivity index (χ0) is 11.8. The molecule has 0 saturated carbocycles. The van der Waals surface area contributed by atoms with Crippen LogP contribution in [0.2, 0.25) is 0 Å². The van der Waals surface area contributed by atoms with Crippen molar-refractivity contribution in [3.8, 4) is 0 Å². The topological polar surface area (TPSA) is 26.7 Å². The number of aliphatic hydroxyl groups excluding tert-OH is 1. The van der Waals surface area contributed by atoms with Gasteiger partial charge in [-0.2, -0.15) is 0 Å². The first-order chi connectivity index (χ1) is 8.24. The molecule has 2 atom stereocenters. The second kappa shape index (κ2) is 4.37. The molecule has 3 heterocycles. The molecule has 3 aliphatic rings. The summed E-state index contributed by atoms with van der Waals surface area (Å²) in [7, 11) is 0. The molecule has 3 fully saturated rings. The van der Waals surface area contributed by atoms with Gasteiger partial charge in [-0.3, -0.25) is 9.80 Å². The zero-order valence-electron chi connectivity index (χ0n) is 9.72. The van der Waals surface area contributed by atoms with Gasteiger partial charge in [0.25, 0.3) is 0 Å². The average Bonchev–Trinajstić information content (AvgIpc) is 2.40. The maximum Gasteiger partial charge on any atom is 0.123 e. The Bertz CT molecular complexity index is 387. The van der Waals surface area contributed by atoms with Crippen LogP contribution in [0.5, 0.6) is 0 Å². The van der Waals surface area contributed by atoms with Gasteiger partial charge in [0.05, 0.1) is 12.1 Å². The van der Waals surface area contributed by atoms with Crippen LogP contribution in [0, 0.1) is 5.82 Å². The summed E-state index contributed by atoms with van der Waals surface area (Å²) >= 11 is 0. The molecule has 1 aromatic rings. The molecule has 0 radical (unpaired) electrons. The number of fused-ring (bicyclic) bond motifs is 3. The van der Waals surface area contributed by atoms with Crippen LogP contribution in [0.25, 0.3) is 0 Å². The third-order valence-electron chi connectivity index (χ3n) is 3.90. The Morgan fingerprint density at radius 1 is 1.12 bits per heavy atom. The Balaban J connectivity index is 1.77. The molecule has 17 heavy (non-hydrogen) atoms. The first-order valence-electron chi connectivity index (χ1n) is 6.14. The van der Waals surface area contributed by atoms with E-state index in [2.05, 4.69) is 9.80 Å². The number of halogens is 1. The van der Waals surface area contributed by atoms with Crippen molar-refractivity contribution < 1.29 is 9.50 Å². The van der Waals surface area contributed by atoms with Crippen LogP contribution in [0.3, 0.4) is 0 Å². The van der Waals surface area contributed by atoms with Crippen LogP contribution in [0.1, 0.15) is 11.7 Å². The van der Waals surface area contributed by atoms with E-state index in [1.807, 2.05) is 0 Å².